The van der Waals surface area contributed by atoms with Gasteiger partial charge >= 0.3 is 6.18 Å². The summed E-state index contributed by atoms with van der Waals surface area (Å²) in [6, 6.07) is 0. The predicted molar refractivity (Wildman–Crippen MR) is 46.0 cm³/mol. The van der Waals surface area contributed by atoms with E-state index >= 15 is 0 Å². The summed E-state index contributed by atoms with van der Waals surface area (Å²) in [6.07, 6.45) is -3.26. The Bertz CT molecular complexity index is 130. The fraction of sp³-hybridized carbons (Fsp3) is 1.00. The van der Waals surface area contributed by atoms with Crippen LogP contribution in [0.3, 0.4) is 0 Å². The molecule has 0 aliphatic rings. The highest BCUT2D eigenvalue weighted by Crippen LogP contribution is 2.13. The lowest BCUT2D eigenvalue weighted by Gasteiger charge is -2.08. The predicted octanol–water partition coefficient (Wildman–Crippen LogP) is 1.54. The van der Waals surface area contributed by atoms with Gasteiger partial charge in [0.25, 0.3) is 0 Å². The van der Waals surface area contributed by atoms with Crippen molar-refractivity contribution >= 4 is 0 Å². The van der Waals surface area contributed by atoms with Crippen LogP contribution in [0.4, 0.5) is 13.2 Å². The third-order valence-corrected chi connectivity index (χ3v) is 1.28. The van der Waals surface area contributed by atoms with Crippen LogP contribution in [0.1, 0.15) is 13.3 Å². The van der Waals surface area contributed by atoms with Gasteiger partial charge in [0.05, 0.1) is 6.61 Å². The molecule has 0 aromatic heterocycles. The van der Waals surface area contributed by atoms with Crippen molar-refractivity contribution in [1.29, 1.82) is 0 Å². The zero-order valence-electron chi connectivity index (χ0n) is 8.19. The molecule has 1 N–H and O–H groups in total. The van der Waals surface area contributed by atoms with Crippen LogP contribution < -0.4 is 5.32 Å². The van der Waals surface area contributed by atoms with Crippen molar-refractivity contribution in [2.24, 2.45) is 0 Å². The van der Waals surface area contributed by atoms with E-state index in [-0.39, 0.29) is 6.79 Å². The van der Waals surface area contributed by atoms with Crippen molar-refractivity contribution in [3.8, 4) is 0 Å². The number of nitrogens with one attached hydrogen (secondary N) is 1. The fourth-order valence-electron chi connectivity index (χ4n) is 0.721. The Morgan fingerprint density at radius 3 is 2.43 bits per heavy atom. The van der Waals surface area contributed by atoms with Crippen LogP contribution in [0.15, 0.2) is 0 Å². The average molecular weight is 215 g/mol. The van der Waals surface area contributed by atoms with Crippen LogP contribution in [-0.4, -0.2) is 39.3 Å². The Balaban J connectivity index is 2.99. The molecule has 0 spiro atoms. The lowest BCUT2D eigenvalue weighted by molar-refractivity contribution is -0.196. The minimum absolute atomic E-state index is 0.312. The maximum Gasteiger partial charge on any atom is 0.411 e. The molecule has 0 aromatic carbocycles. The van der Waals surface area contributed by atoms with Gasteiger partial charge in [-0.2, -0.15) is 13.2 Å². The van der Waals surface area contributed by atoms with Gasteiger partial charge in [-0.3, -0.25) is 0 Å². The average Bonchev–Trinajstić information content (AvgIpc) is 2.08. The first-order valence-electron chi connectivity index (χ1n) is 4.49. The minimum Gasteiger partial charge on any atom is -0.354 e. The van der Waals surface area contributed by atoms with Crippen molar-refractivity contribution in [3.05, 3.63) is 0 Å². The smallest absolute Gasteiger partial charge is 0.354 e. The highest BCUT2D eigenvalue weighted by Gasteiger charge is 2.27. The van der Waals surface area contributed by atoms with Crippen LogP contribution in [0.5, 0.6) is 0 Å². The molecule has 0 amide bonds. The summed E-state index contributed by atoms with van der Waals surface area (Å²) in [6.45, 7) is 2.33. The van der Waals surface area contributed by atoms with Gasteiger partial charge in [0, 0.05) is 6.54 Å². The summed E-state index contributed by atoms with van der Waals surface area (Å²) in [7, 11) is 0. The van der Waals surface area contributed by atoms with E-state index in [1.54, 1.807) is 0 Å². The molecule has 0 atom stereocenters. The van der Waals surface area contributed by atoms with Gasteiger partial charge in [0.1, 0.15) is 13.4 Å². The maximum absolute atomic E-state index is 11.5. The molecule has 0 radical (unpaired) electrons. The molecule has 14 heavy (non-hydrogen) atoms. The number of hydrogen-bond acceptors (Lipinski definition) is 3. The van der Waals surface area contributed by atoms with E-state index in [0.717, 1.165) is 13.0 Å². The summed E-state index contributed by atoms with van der Waals surface area (Å²) in [4.78, 5) is 0. The van der Waals surface area contributed by atoms with Crippen LogP contribution in [0.25, 0.3) is 0 Å². The first-order valence-corrected chi connectivity index (χ1v) is 4.49. The van der Waals surface area contributed by atoms with Crippen molar-refractivity contribution < 1.29 is 22.6 Å². The third kappa shape index (κ3) is 11.7. The van der Waals surface area contributed by atoms with Crippen molar-refractivity contribution in [3.63, 3.8) is 0 Å². The van der Waals surface area contributed by atoms with Gasteiger partial charge in [0.15, 0.2) is 0 Å². The molecule has 0 unspecified atom stereocenters. The van der Waals surface area contributed by atoms with E-state index in [1.807, 2.05) is 6.92 Å². The minimum atomic E-state index is -4.27. The highest BCUT2D eigenvalue weighted by molar-refractivity contribution is 4.44. The Hall–Kier alpha value is -0.330. The van der Waals surface area contributed by atoms with Crippen molar-refractivity contribution in [2.45, 2.75) is 19.5 Å². The summed E-state index contributed by atoms with van der Waals surface area (Å²) < 4.78 is 43.6. The van der Waals surface area contributed by atoms with Crippen LogP contribution >= 0.6 is 0 Å². The largest absolute Gasteiger partial charge is 0.411 e. The van der Waals surface area contributed by atoms with E-state index < -0.39 is 12.8 Å². The summed E-state index contributed by atoms with van der Waals surface area (Å²) in [5.74, 6) is 0. The molecular formula is C8H16F3NO2. The number of rotatable bonds is 8. The van der Waals surface area contributed by atoms with E-state index in [9.17, 15) is 13.2 Å². The van der Waals surface area contributed by atoms with Crippen molar-refractivity contribution in [2.75, 3.05) is 33.1 Å². The van der Waals surface area contributed by atoms with Gasteiger partial charge in [-0.25, -0.2) is 0 Å². The topological polar surface area (TPSA) is 30.5 Å². The number of alkyl halides is 3. The molecule has 0 aliphatic carbocycles. The van der Waals surface area contributed by atoms with E-state index in [2.05, 4.69) is 10.1 Å². The second-order valence-electron chi connectivity index (χ2n) is 2.74. The molecule has 0 heterocycles. The molecular weight excluding hydrogens is 199 g/mol. The third-order valence-electron chi connectivity index (χ3n) is 1.28. The van der Waals surface area contributed by atoms with E-state index in [0.29, 0.717) is 13.2 Å². The Labute approximate surface area is 81.6 Å². The Morgan fingerprint density at radius 2 is 1.86 bits per heavy atom. The molecule has 0 rings (SSSR count). The van der Waals surface area contributed by atoms with Gasteiger partial charge < -0.3 is 14.8 Å². The molecule has 0 saturated carbocycles. The van der Waals surface area contributed by atoms with Gasteiger partial charge in [-0.15, -0.1) is 0 Å². The molecule has 3 nitrogen and oxygen atoms in total. The molecule has 0 fully saturated rings. The summed E-state index contributed by atoms with van der Waals surface area (Å²) in [5, 5.41) is 3.04. The van der Waals surface area contributed by atoms with E-state index in [1.165, 1.54) is 0 Å². The lowest BCUT2D eigenvalue weighted by Crippen LogP contribution is -2.22. The molecule has 0 aliphatic heterocycles. The lowest BCUT2D eigenvalue weighted by atomic mass is 10.5. The number of hydrogen-bond donors (Lipinski definition) is 1. The zero-order chi connectivity index (χ0) is 10.9. The number of ether oxygens (including phenoxy) is 2. The normalized spacial score (nSPS) is 12.0. The SMILES string of the molecule is CCCNCCOCOCC(F)(F)F. The van der Waals surface area contributed by atoms with Crippen LogP contribution in [0, 0.1) is 0 Å². The van der Waals surface area contributed by atoms with E-state index in [4.69, 9.17) is 4.74 Å². The van der Waals surface area contributed by atoms with Gasteiger partial charge in [0.2, 0.25) is 0 Å². The summed E-state index contributed by atoms with van der Waals surface area (Å²) >= 11 is 0. The first kappa shape index (κ1) is 13.7. The second-order valence-corrected chi connectivity index (χ2v) is 2.74. The fourth-order valence-corrected chi connectivity index (χ4v) is 0.721. The van der Waals surface area contributed by atoms with Crippen LogP contribution in [-0.2, 0) is 9.47 Å². The molecule has 6 heteroatoms. The van der Waals surface area contributed by atoms with Gasteiger partial charge in [-0.05, 0) is 13.0 Å². The monoisotopic (exact) mass is 215 g/mol. The Morgan fingerprint density at radius 1 is 1.14 bits per heavy atom. The summed E-state index contributed by atoms with van der Waals surface area (Å²) in [5.41, 5.74) is 0. The highest BCUT2D eigenvalue weighted by atomic mass is 19.4. The first-order chi connectivity index (χ1) is 6.56. The molecule has 0 bridgehead atoms. The zero-order valence-corrected chi connectivity index (χ0v) is 8.19. The molecule has 86 valence electrons. The second kappa shape index (κ2) is 8.02. The molecule has 0 aromatic rings. The Kier molecular flexibility index (Phi) is 7.83. The van der Waals surface area contributed by atoms with Crippen LogP contribution in [0.2, 0.25) is 0 Å². The standard InChI is InChI=1S/C8H16F3NO2/c1-2-3-12-4-5-13-7-14-6-8(9,10)11/h12H,2-7H2,1H3. The quantitative estimate of drug-likeness (QED) is 0.492. The number of halogens is 3. The van der Waals surface area contributed by atoms with Crippen molar-refractivity contribution in [1.82, 2.24) is 5.32 Å². The maximum atomic E-state index is 11.5. The molecule has 0 saturated heterocycles. The van der Waals surface area contributed by atoms with Gasteiger partial charge in [-0.1, -0.05) is 6.92 Å².